The van der Waals surface area contributed by atoms with Crippen molar-refractivity contribution in [1.29, 1.82) is 0 Å². The molecule has 1 aromatic heterocycles. The Labute approximate surface area is 206 Å². The van der Waals surface area contributed by atoms with Gasteiger partial charge in [0.05, 0.1) is 19.3 Å². The maximum Gasteiger partial charge on any atom is 0.274 e. The van der Waals surface area contributed by atoms with Gasteiger partial charge in [0.25, 0.3) is 5.91 Å². The molecule has 4 atom stereocenters. The van der Waals surface area contributed by atoms with Crippen LogP contribution in [-0.2, 0) is 23.9 Å². The first kappa shape index (κ1) is 28.4. The number of amides is 3. The molecule has 1 unspecified atom stereocenters. The van der Waals surface area contributed by atoms with Gasteiger partial charge in [0.15, 0.2) is 11.5 Å². The zero-order valence-corrected chi connectivity index (χ0v) is 21.8. The molecule has 3 amide bonds. The molecule has 35 heavy (non-hydrogen) atoms. The van der Waals surface area contributed by atoms with Crippen molar-refractivity contribution in [1.82, 2.24) is 20.7 Å². The molecule has 0 radical (unpaired) electrons. The highest BCUT2D eigenvalue weighted by Crippen LogP contribution is 2.31. The molecular weight excluding hydrogens is 456 g/mol. The van der Waals surface area contributed by atoms with Crippen molar-refractivity contribution in [2.45, 2.75) is 71.7 Å². The molecule has 1 fully saturated rings. The normalized spacial score (nSPS) is 19.7. The Balaban J connectivity index is 2.17. The second kappa shape index (κ2) is 11.8. The Hall–Kier alpha value is -2.79. The highest BCUT2D eigenvalue weighted by Gasteiger charge is 2.51. The Morgan fingerprint density at radius 3 is 2.29 bits per heavy atom. The predicted molar refractivity (Wildman–Crippen MR) is 127 cm³/mol. The first-order chi connectivity index (χ1) is 16.3. The summed E-state index contributed by atoms with van der Waals surface area (Å²) in [7, 11) is 2.97. The first-order valence-corrected chi connectivity index (χ1v) is 11.8. The van der Waals surface area contributed by atoms with Crippen LogP contribution in [0.25, 0.3) is 0 Å². The third-order valence-corrected chi connectivity index (χ3v) is 5.96. The fraction of sp³-hybridized carbons (Fsp3) is 0.708. The molecule has 196 valence electrons. The zero-order valence-electron chi connectivity index (χ0n) is 21.8. The van der Waals surface area contributed by atoms with E-state index in [0.717, 1.165) is 0 Å². The summed E-state index contributed by atoms with van der Waals surface area (Å²) in [4.78, 5) is 53.6. The van der Waals surface area contributed by atoms with Crippen LogP contribution in [0.4, 0.5) is 0 Å². The number of likely N-dealkylation sites (N-methyl/N-ethyl adjacent to an activating group) is 1. The third-order valence-electron chi connectivity index (χ3n) is 5.96. The number of aromatic nitrogens is 1. The van der Waals surface area contributed by atoms with Gasteiger partial charge in [-0.15, -0.1) is 0 Å². The van der Waals surface area contributed by atoms with Gasteiger partial charge in [-0.1, -0.05) is 32.9 Å². The Bertz CT molecular complexity index is 923. The molecule has 0 aromatic carbocycles. The summed E-state index contributed by atoms with van der Waals surface area (Å²) in [6, 6.07) is -1.23. The molecule has 1 aliphatic rings. The average Bonchev–Trinajstić information content (AvgIpc) is 3.39. The Morgan fingerprint density at radius 1 is 1.20 bits per heavy atom. The monoisotopic (exact) mass is 494 g/mol. The lowest BCUT2D eigenvalue weighted by atomic mass is 9.91. The van der Waals surface area contributed by atoms with Crippen LogP contribution in [-0.4, -0.2) is 84.7 Å². The summed E-state index contributed by atoms with van der Waals surface area (Å²) in [5, 5.41) is 8.95. The Kier molecular flexibility index (Phi) is 9.56. The van der Waals surface area contributed by atoms with E-state index >= 15 is 0 Å². The molecule has 2 N–H and O–H groups in total. The molecular formula is C24H38N4O7. The molecule has 11 heteroatoms. The zero-order chi connectivity index (χ0) is 26.5. The van der Waals surface area contributed by atoms with Crippen LogP contribution in [0.3, 0.4) is 0 Å². The number of ketones is 1. The lowest BCUT2D eigenvalue weighted by Gasteiger charge is -2.34. The van der Waals surface area contributed by atoms with Crippen molar-refractivity contribution in [3.63, 3.8) is 0 Å². The average molecular weight is 495 g/mol. The molecule has 11 nitrogen and oxygen atoms in total. The van der Waals surface area contributed by atoms with E-state index in [1.54, 1.807) is 34.7 Å². The molecule has 0 spiro atoms. The predicted octanol–water partition coefficient (Wildman–Crippen LogP) is 1.10. The van der Waals surface area contributed by atoms with Gasteiger partial charge < -0.3 is 29.5 Å². The van der Waals surface area contributed by atoms with E-state index in [1.165, 1.54) is 18.1 Å². The van der Waals surface area contributed by atoms with Crippen molar-refractivity contribution in [2.24, 2.45) is 11.8 Å². The number of nitrogens with one attached hydrogen (secondary N) is 2. The van der Waals surface area contributed by atoms with Crippen molar-refractivity contribution in [3.8, 4) is 0 Å². The van der Waals surface area contributed by atoms with Gasteiger partial charge in [-0.05, 0) is 32.1 Å². The molecule has 1 saturated heterocycles. The Morgan fingerprint density at radius 2 is 1.83 bits per heavy atom. The summed E-state index contributed by atoms with van der Waals surface area (Å²) in [5.41, 5.74) is -0.851. The fourth-order valence-electron chi connectivity index (χ4n) is 3.69. The number of nitrogens with zero attached hydrogens (tertiary/aromatic N) is 2. The molecule has 1 aliphatic heterocycles. The summed E-state index contributed by atoms with van der Waals surface area (Å²) in [6.45, 7) is 11.1. The quantitative estimate of drug-likeness (QED) is 0.388. The largest absolute Gasteiger partial charge is 0.382 e. The summed E-state index contributed by atoms with van der Waals surface area (Å²) in [5.74, 6) is -1.42. The third kappa shape index (κ3) is 7.35. The smallest absolute Gasteiger partial charge is 0.274 e. The molecule has 0 bridgehead atoms. The minimum absolute atomic E-state index is 0.0263. The first-order valence-electron chi connectivity index (χ1n) is 11.8. The van der Waals surface area contributed by atoms with E-state index in [4.69, 9.17) is 14.0 Å². The number of Topliss-reactive ketones (excluding diaryl/α,β-unsaturated/α-hetero) is 1. The number of ether oxygens (including phenoxy) is 2. The van der Waals surface area contributed by atoms with E-state index < -0.39 is 41.4 Å². The number of rotatable bonds is 13. The second-order valence-electron chi connectivity index (χ2n) is 10.0. The van der Waals surface area contributed by atoms with Gasteiger partial charge in [0.2, 0.25) is 11.8 Å². The molecule has 0 saturated carbocycles. The molecule has 0 aliphatic carbocycles. The van der Waals surface area contributed by atoms with Crippen LogP contribution >= 0.6 is 0 Å². The van der Waals surface area contributed by atoms with Gasteiger partial charge in [-0.2, -0.15) is 0 Å². The van der Waals surface area contributed by atoms with Crippen LogP contribution in [0, 0.1) is 18.8 Å². The van der Waals surface area contributed by atoms with Gasteiger partial charge in [0, 0.05) is 20.2 Å². The number of hydrogen-bond acceptors (Lipinski definition) is 8. The number of epoxide rings is 1. The van der Waals surface area contributed by atoms with E-state index in [1.807, 2.05) is 13.8 Å². The van der Waals surface area contributed by atoms with Crippen LogP contribution < -0.4 is 10.6 Å². The van der Waals surface area contributed by atoms with Gasteiger partial charge in [-0.25, -0.2) is 0 Å². The number of carbonyl (C=O) groups excluding carboxylic acids is 4. The number of carbonyl (C=O) groups is 4. The van der Waals surface area contributed by atoms with E-state index in [9.17, 15) is 19.2 Å². The molecule has 1 aromatic rings. The lowest BCUT2D eigenvalue weighted by molar-refractivity contribution is -0.144. The minimum atomic E-state index is -1.07. The van der Waals surface area contributed by atoms with E-state index in [0.29, 0.717) is 18.8 Å². The summed E-state index contributed by atoms with van der Waals surface area (Å²) < 4.78 is 15.3. The summed E-state index contributed by atoms with van der Waals surface area (Å²) in [6.07, 6.45) is 0.470. The number of methoxy groups -OCH3 is 1. The standard InChI is InChI=1S/C24H38N4O7/c1-13(2)9-18(20(29)24(6)12-34-24)28(7)23(32)19(14(3)4)26-22(31)17(11-33-8)25-21(30)16-10-15(5)35-27-16/h10,13-14,17-19H,9,11-12H2,1-8H3,(H,25,30)(H,26,31)/t17-,18-,19-,24?/m0/s1. The van der Waals surface area contributed by atoms with Crippen molar-refractivity contribution in [3.05, 3.63) is 17.5 Å². The SMILES string of the molecule is COC[C@H](NC(=O)c1cc(C)on1)C(=O)N[C@H](C(=O)N(C)[C@@H](CC(C)C)C(=O)C1(C)CO1)C(C)C. The van der Waals surface area contributed by atoms with E-state index in [-0.39, 0.29) is 29.9 Å². The maximum atomic E-state index is 13.5. The van der Waals surface area contributed by atoms with E-state index in [2.05, 4.69) is 15.8 Å². The number of aryl methyl sites for hydroxylation is 1. The topological polar surface area (TPSA) is 143 Å². The van der Waals surface area contributed by atoms with Crippen LogP contribution in [0.1, 0.15) is 57.3 Å². The fourth-order valence-corrected chi connectivity index (χ4v) is 3.69. The van der Waals surface area contributed by atoms with Gasteiger partial charge in [-0.3, -0.25) is 19.2 Å². The lowest BCUT2D eigenvalue weighted by Crippen LogP contribution is -2.59. The van der Waals surface area contributed by atoms with Crippen molar-refractivity contribution < 1.29 is 33.2 Å². The van der Waals surface area contributed by atoms with Gasteiger partial charge >= 0.3 is 0 Å². The van der Waals surface area contributed by atoms with Gasteiger partial charge in [0.1, 0.15) is 23.4 Å². The van der Waals surface area contributed by atoms with Crippen LogP contribution in [0.2, 0.25) is 0 Å². The highest BCUT2D eigenvalue weighted by molar-refractivity contribution is 5.99. The summed E-state index contributed by atoms with van der Waals surface area (Å²) >= 11 is 0. The number of hydrogen-bond donors (Lipinski definition) is 2. The van der Waals surface area contributed by atoms with Crippen molar-refractivity contribution in [2.75, 3.05) is 27.4 Å². The van der Waals surface area contributed by atoms with Crippen LogP contribution in [0.15, 0.2) is 10.6 Å². The molecule has 2 heterocycles. The highest BCUT2D eigenvalue weighted by atomic mass is 16.6. The van der Waals surface area contributed by atoms with Crippen LogP contribution in [0.5, 0.6) is 0 Å². The minimum Gasteiger partial charge on any atom is -0.382 e. The van der Waals surface area contributed by atoms with Crippen molar-refractivity contribution >= 4 is 23.5 Å². The maximum absolute atomic E-state index is 13.5. The molecule has 2 rings (SSSR count). The second-order valence-corrected chi connectivity index (χ2v) is 10.0.